The van der Waals surface area contributed by atoms with Gasteiger partial charge in [0.25, 0.3) is 0 Å². The van der Waals surface area contributed by atoms with E-state index in [1.165, 1.54) is 6.08 Å². The lowest BCUT2D eigenvalue weighted by atomic mass is 10.1. The summed E-state index contributed by atoms with van der Waals surface area (Å²) in [6.07, 6.45) is -0.863. The predicted octanol–water partition coefficient (Wildman–Crippen LogP) is -0.778. The lowest BCUT2D eigenvalue weighted by Crippen LogP contribution is -2.22. The molecule has 130 valence electrons. The molecule has 0 aliphatic heterocycles. The molecule has 8 heteroatoms. The van der Waals surface area contributed by atoms with Crippen LogP contribution in [-0.2, 0) is 9.53 Å². The summed E-state index contributed by atoms with van der Waals surface area (Å²) >= 11 is 0. The molecule has 24 heavy (non-hydrogen) atoms. The summed E-state index contributed by atoms with van der Waals surface area (Å²) in [7, 11) is 0. The van der Waals surface area contributed by atoms with E-state index in [0.717, 1.165) is 0 Å². The fourth-order valence-corrected chi connectivity index (χ4v) is 1.51. The van der Waals surface area contributed by atoms with Gasteiger partial charge in [0.1, 0.15) is 42.8 Å². The summed E-state index contributed by atoms with van der Waals surface area (Å²) < 4.78 is 9.94. The van der Waals surface area contributed by atoms with Gasteiger partial charge in [0.2, 0.25) is 0 Å². The Kier molecular flexibility index (Phi) is 8.46. The van der Waals surface area contributed by atoms with E-state index in [4.69, 9.17) is 30.1 Å². The number of carbonyl (C=O) groups excluding carboxylic acids is 1. The average Bonchev–Trinajstić information content (AvgIpc) is 2.62. The number of nitrogens with zero attached hydrogens (tertiary/aromatic N) is 1. The van der Waals surface area contributed by atoms with Crippen LogP contribution in [0.4, 0.5) is 0 Å². The van der Waals surface area contributed by atoms with Gasteiger partial charge in [-0.15, -0.1) is 0 Å². The number of aliphatic hydroxyl groups is 4. The summed E-state index contributed by atoms with van der Waals surface area (Å²) in [6.45, 7) is -1.42. The highest BCUT2D eigenvalue weighted by Gasteiger charge is 2.13. The first kappa shape index (κ1) is 19.6. The summed E-state index contributed by atoms with van der Waals surface area (Å²) in [6, 6.07) is 8.04. The third kappa shape index (κ3) is 6.76. The Labute approximate surface area is 138 Å². The van der Waals surface area contributed by atoms with Crippen LogP contribution in [0.25, 0.3) is 6.08 Å². The quantitative estimate of drug-likeness (QED) is 0.261. The normalized spacial score (nSPS) is 13.7. The van der Waals surface area contributed by atoms with Gasteiger partial charge in [0.15, 0.2) is 0 Å². The molecule has 0 spiro atoms. The second-order valence-electron chi connectivity index (χ2n) is 4.82. The Balaban J connectivity index is 2.68. The SMILES string of the molecule is N#C/C(=C\c1ccc(OCC(O)CO)cc1)C(=O)OCC(O)CO. The number of hydrogen-bond acceptors (Lipinski definition) is 8. The van der Waals surface area contributed by atoms with E-state index < -0.39 is 38.0 Å². The van der Waals surface area contributed by atoms with E-state index >= 15 is 0 Å². The number of nitriles is 1. The van der Waals surface area contributed by atoms with Gasteiger partial charge in [-0.1, -0.05) is 12.1 Å². The van der Waals surface area contributed by atoms with Crippen molar-refractivity contribution in [3.8, 4) is 11.8 Å². The summed E-state index contributed by atoms with van der Waals surface area (Å²) in [5.74, 6) is -0.455. The molecule has 1 aromatic carbocycles. The number of hydrogen-bond donors (Lipinski definition) is 4. The van der Waals surface area contributed by atoms with Crippen LogP contribution in [0.1, 0.15) is 5.56 Å². The van der Waals surface area contributed by atoms with Crippen LogP contribution >= 0.6 is 0 Å². The van der Waals surface area contributed by atoms with Crippen LogP contribution in [0.2, 0.25) is 0 Å². The van der Waals surface area contributed by atoms with E-state index in [-0.39, 0.29) is 12.2 Å². The second-order valence-corrected chi connectivity index (χ2v) is 4.82. The molecular formula is C16H19NO7. The number of aliphatic hydroxyl groups excluding tert-OH is 4. The van der Waals surface area contributed by atoms with Gasteiger partial charge < -0.3 is 29.9 Å². The largest absolute Gasteiger partial charge is 0.491 e. The van der Waals surface area contributed by atoms with Gasteiger partial charge >= 0.3 is 5.97 Å². The van der Waals surface area contributed by atoms with E-state index in [1.54, 1.807) is 30.3 Å². The molecule has 1 aromatic rings. The standard InChI is InChI=1S/C16H19NO7/c17-6-12(16(22)24-10-14(21)8-19)5-11-1-3-15(4-2-11)23-9-13(20)7-18/h1-5,13-14,18-21H,7-10H2/b12-5+. The molecule has 0 amide bonds. The number of ether oxygens (including phenoxy) is 2. The highest BCUT2D eigenvalue weighted by Crippen LogP contribution is 2.15. The van der Waals surface area contributed by atoms with Crippen molar-refractivity contribution in [2.45, 2.75) is 12.2 Å². The zero-order valence-corrected chi connectivity index (χ0v) is 12.8. The van der Waals surface area contributed by atoms with Crippen molar-refractivity contribution < 1.29 is 34.7 Å². The molecule has 4 N–H and O–H groups in total. The maximum Gasteiger partial charge on any atom is 0.348 e. The maximum absolute atomic E-state index is 11.7. The molecule has 0 aliphatic carbocycles. The highest BCUT2D eigenvalue weighted by atomic mass is 16.5. The van der Waals surface area contributed by atoms with Crippen LogP contribution in [0, 0.1) is 11.3 Å². The second kappa shape index (κ2) is 10.4. The maximum atomic E-state index is 11.7. The van der Waals surface area contributed by atoms with Crippen molar-refractivity contribution in [1.29, 1.82) is 5.26 Å². The lowest BCUT2D eigenvalue weighted by Gasteiger charge is -2.10. The smallest absolute Gasteiger partial charge is 0.348 e. The predicted molar refractivity (Wildman–Crippen MR) is 82.7 cm³/mol. The molecule has 0 aromatic heterocycles. The first-order chi connectivity index (χ1) is 11.5. The third-order valence-corrected chi connectivity index (χ3v) is 2.80. The number of rotatable bonds is 9. The third-order valence-electron chi connectivity index (χ3n) is 2.80. The minimum atomic E-state index is -1.19. The van der Waals surface area contributed by atoms with Crippen molar-refractivity contribution in [3.05, 3.63) is 35.4 Å². The Hall–Kier alpha value is -2.44. The molecule has 0 bridgehead atoms. The van der Waals surface area contributed by atoms with Crippen LogP contribution in [0.3, 0.4) is 0 Å². The van der Waals surface area contributed by atoms with Crippen molar-refractivity contribution in [2.75, 3.05) is 26.4 Å². The van der Waals surface area contributed by atoms with Gasteiger partial charge in [-0.25, -0.2) is 4.79 Å². The van der Waals surface area contributed by atoms with Gasteiger partial charge in [0.05, 0.1) is 13.2 Å². The van der Waals surface area contributed by atoms with Gasteiger partial charge in [-0.2, -0.15) is 5.26 Å². The monoisotopic (exact) mass is 337 g/mol. The van der Waals surface area contributed by atoms with Gasteiger partial charge in [0, 0.05) is 0 Å². The zero-order chi connectivity index (χ0) is 17.9. The first-order valence-corrected chi connectivity index (χ1v) is 7.09. The average molecular weight is 337 g/mol. The van der Waals surface area contributed by atoms with Crippen LogP contribution in [-0.4, -0.2) is 65.0 Å². The Morgan fingerprint density at radius 1 is 1.12 bits per heavy atom. The molecule has 0 radical (unpaired) electrons. The zero-order valence-electron chi connectivity index (χ0n) is 12.8. The minimum absolute atomic E-state index is 0.0609. The Morgan fingerprint density at radius 3 is 2.25 bits per heavy atom. The molecule has 0 heterocycles. The minimum Gasteiger partial charge on any atom is -0.491 e. The van der Waals surface area contributed by atoms with Crippen molar-refractivity contribution in [1.82, 2.24) is 0 Å². The molecule has 0 saturated carbocycles. The van der Waals surface area contributed by atoms with Crippen molar-refractivity contribution in [2.24, 2.45) is 0 Å². The van der Waals surface area contributed by atoms with Crippen molar-refractivity contribution in [3.63, 3.8) is 0 Å². The van der Waals surface area contributed by atoms with E-state index in [9.17, 15) is 9.90 Å². The van der Waals surface area contributed by atoms with E-state index in [2.05, 4.69) is 0 Å². The molecule has 2 atom stereocenters. The van der Waals surface area contributed by atoms with Gasteiger partial charge in [-0.05, 0) is 23.8 Å². The van der Waals surface area contributed by atoms with Crippen LogP contribution in [0.15, 0.2) is 29.8 Å². The van der Waals surface area contributed by atoms with Crippen LogP contribution < -0.4 is 4.74 Å². The van der Waals surface area contributed by atoms with Gasteiger partial charge in [-0.3, -0.25) is 0 Å². The summed E-state index contributed by atoms with van der Waals surface area (Å²) in [5.41, 5.74) is 0.283. The molecule has 0 saturated heterocycles. The molecular weight excluding hydrogens is 318 g/mol. The molecule has 0 fully saturated rings. The summed E-state index contributed by atoms with van der Waals surface area (Å²) in [5, 5.41) is 44.6. The van der Waals surface area contributed by atoms with Crippen LogP contribution in [0.5, 0.6) is 5.75 Å². The first-order valence-electron chi connectivity index (χ1n) is 7.09. The van der Waals surface area contributed by atoms with E-state index in [0.29, 0.717) is 11.3 Å². The van der Waals surface area contributed by atoms with Crippen molar-refractivity contribution >= 4 is 12.0 Å². The summed E-state index contributed by atoms with van der Waals surface area (Å²) in [4.78, 5) is 11.7. The number of benzene rings is 1. The Morgan fingerprint density at radius 2 is 1.71 bits per heavy atom. The number of esters is 1. The van der Waals surface area contributed by atoms with E-state index in [1.807, 2.05) is 0 Å². The topological polar surface area (TPSA) is 140 Å². The Bertz CT molecular complexity index is 591. The lowest BCUT2D eigenvalue weighted by molar-refractivity contribution is -0.142. The molecule has 1 rings (SSSR count). The molecule has 0 aliphatic rings. The molecule has 2 unspecified atom stereocenters. The fraction of sp³-hybridized carbons (Fsp3) is 0.375. The highest BCUT2D eigenvalue weighted by molar-refractivity contribution is 5.97. The molecule has 8 nitrogen and oxygen atoms in total. The number of carbonyl (C=O) groups is 1. The fourth-order valence-electron chi connectivity index (χ4n) is 1.51.